The fourth-order valence-corrected chi connectivity index (χ4v) is 2.96. The number of nitrogens with zero attached hydrogens (tertiary/aromatic N) is 1. The Kier molecular flexibility index (Phi) is 8.56. The van der Waals surface area contributed by atoms with Crippen molar-refractivity contribution >= 4 is 28.5 Å². The second kappa shape index (κ2) is 9.90. The molecular formula is C16H27N3OS2. The average molecular weight is 342 g/mol. The number of rotatable bonds is 8. The summed E-state index contributed by atoms with van der Waals surface area (Å²) >= 11 is 1.82. The van der Waals surface area contributed by atoms with Crippen molar-refractivity contribution < 1.29 is 4.21 Å². The van der Waals surface area contributed by atoms with Gasteiger partial charge in [0.25, 0.3) is 0 Å². The lowest BCUT2D eigenvalue weighted by Crippen LogP contribution is -2.44. The minimum absolute atomic E-state index is 0.160. The van der Waals surface area contributed by atoms with Gasteiger partial charge in [-0.2, -0.15) is 11.8 Å². The van der Waals surface area contributed by atoms with E-state index in [2.05, 4.69) is 35.7 Å². The zero-order valence-corrected chi connectivity index (χ0v) is 15.5. The number of benzene rings is 1. The molecule has 1 atom stereocenters. The van der Waals surface area contributed by atoms with Crippen molar-refractivity contribution in [3.8, 4) is 0 Å². The Hall–Kier alpha value is -1.01. The van der Waals surface area contributed by atoms with E-state index in [4.69, 9.17) is 0 Å². The summed E-state index contributed by atoms with van der Waals surface area (Å²) in [7, 11) is 0.891. The predicted molar refractivity (Wildman–Crippen MR) is 100 cm³/mol. The van der Waals surface area contributed by atoms with Crippen LogP contribution < -0.4 is 10.6 Å². The number of nitrogens with one attached hydrogen (secondary N) is 2. The van der Waals surface area contributed by atoms with Gasteiger partial charge in [-0.1, -0.05) is 30.3 Å². The third-order valence-corrected chi connectivity index (χ3v) is 5.81. The highest BCUT2D eigenvalue weighted by atomic mass is 32.2. The molecule has 1 unspecified atom stereocenters. The highest BCUT2D eigenvalue weighted by Crippen LogP contribution is 2.19. The normalized spacial score (nSPS) is 13.7. The molecule has 0 aliphatic rings. The van der Waals surface area contributed by atoms with E-state index in [9.17, 15) is 4.21 Å². The lowest BCUT2D eigenvalue weighted by molar-refractivity contribution is 0.664. The number of aliphatic imine (C=N–C) groups is 1. The average Bonchev–Trinajstić information content (AvgIpc) is 2.51. The Balaban J connectivity index is 2.28. The molecule has 4 nitrogen and oxygen atoms in total. The quantitative estimate of drug-likeness (QED) is 0.562. The third-order valence-electron chi connectivity index (χ3n) is 3.25. The van der Waals surface area contributed by atoms with Crippen molar-refractivity contribution in [2.75, 3.05) is 32.1 Å². The van der Waals surface area contributed by atoms with Crippen LogP contribution in [-0.2, 0) is 16.6 Å². The molecule has 1 aromatic carbocycles. The van der Waals surface area contributed by atoms with Gasteiger partial charge in [-0.15, -0.1) is 0 Å². The Labute approximate surface area is 141 Å². The molecule has 1 aromatic rings. The standard InChI is InChI=1S/C16H27N3OS2/c1-16(2,21-4)13-19-15(17-3)18-10-11-22(20)12-14-8-6-5-7-9-14/h5-9H,10-13H2,1-4H3,(H2,17,18,19). The van der Waals surface area contributed by atoms with Crippen molar-refractivity contribution in [1.29, 1.82) is 0 Å². The second-order valence-electron chi connectivity index (χ2n) is 5.59. The fourth-order valence-electron chi connectivity index (χ4n) is 1.70. The SMILES string of the molecule is CN=C(NCCS(=O)Cc1ccccc1)NCC(C)(C)SC. The minimum atomic E-state index is -0.861. The van der Waals surface area contributed by atoms with Gasteiger partial charge < -0.3 is 10.6 Å². The van der Waals surface area contributed by atoms with Crippen LogP contribution in [0.4, 0.5) is 0 Å². The van der Waals surface area contributed by atoms with Gasteiger partial charge in [0.05, 0.1) is 0 Å². The van der Waals surface area contributed by atoms with Gasteiger partial charge in [0.2, 0.25) is 0 Å². The summed E-state index contributed by atoms with van der Waals surface area (Å²) in [6.07, 6.45) is 2.10. The van der Waals surface area contributed by atoms with Crippen LogP contribution in [-0.4, -0.2) is 47.1 Å². The van der Waals surface area contributed by atoms with Gasteiger partial charge in [-0.05, 0) is 25.7 Å². The first-order valence-electron chi connectivity index (χ1n) is 7.35. The van der Waals surface area contributed by atoms with E-state index in [0.717, 1.165) is 18.1 Å². The zero-order valence-electron chi connectivity index (χ0n) is 13.9. The molecule has 124 valence electrons. The Bertz CT molecular complexity index is 489. The van der Waals surface area contributed by atoms with E-state index in [-0.39, 0.29) is 4.75 Å². The summed E-state index contributed by atoms with van der Waals surface area (Å²) < 4.78 is 12.2. The molecular weight excluding hydrogens is 314 g/mol. The summed E-state index contributed by atoms with van der Waals surface area (Å²) in [5, 5.41) is 6.52. The summed E-state index contributed by atoms with van der Waals surface area (Å²) in [6.45, 7) is 5.86. The first-order valence-corrected chi connectivity index (χ1v) is 10.1. The summed E-state index contributed by atoms with van der Waals surface area (Å²) in [4.78, 5) is 4.19. The Morgan fingerprint density at radius 2 is 1.95 bits per heavy atom. The van der Waals surface area contributed by atoms with E-state index < -0.39 is 10.8 Å². The van der Waals surface area contributed by atoms with E-state index in [1.54, 1.807) is 7.05 Å². The van der Waals surface area contributed by atoms with Gasteiger partial charge in [-0.25, -0.2) is 0 Å². The topological polar surface area (TPSA) is 53.5 Å². The van der Waals surface area contributed by atoms with Gasteiger partial charge in [0.15, 0.2) is 5.96 Å². The van der Waals surface area contributed by atoms with Crippen LogP contribution in [0.3, 0.4) is 0 Å². The maximum absolute atomic E-state index is 12.1. The Morgan fingerprint density at radius 3 is 2.55 bits per heavy atom. The molecule has 0 aromatic heterocycles. The smallest absolute Gasteiger partial charge is 0.191 e. The molecule has 0 fully saturated rings. The molecule has 0 spiro atoms. The molecule has 1 rings (SSSR count). The van der Waals surface area contributed by atoms with Crippen LogP contribution in [0.5, 0.6) is 0 Å². The van der Waals surface area contributed by atoms with Crippen LogP contribution in [0.1, 0.15) is 19.4 Å². The number of guanidine groups is 1. The molecule has 6 heteroatoms. The Morgan fingerprint density at radius 1 is 1.27 bits per heavy atom. The molecule has 0 saturated carbocycles. The molecule has 0 heterocycles. The van der Waals surface area contributed by atoms with Gasteiger partial charge >= 0.3 is 0 Å². The van der Waals surface area contributed by atoms with E-state index in [1.165, 1.54) is 0 Å². The van der Waals surface area contributed by atoms with Crippen LogP contribution >= 0.6 is 11.8 Å². The van der Waals surface area contributed by atoms with E-state index in [0.29, 0.717) is 18.1 Å². The predicted octanol–water partition coefficient (Wildman–Crippen LogP) is 2.24. The third kappa shape index (κ3) is 7.84. The maximum atomic E-state index is 12.1. The number of hydrogen-bond donors (Lipinski definition) is 2. The minimum Gasteiger partial charge on any atom is -0.355 e. The molecule has 0 amide bonds. The van der Waals surface area contributed by atoms with Crippen LogP contribution in [0, 0.1) is 0 Å². The molecule has 0 aliphatic carbocycles. The van der Waals surface area contributed by atoms with Crippen molar-refractivity contribution in [1.82, 2.24) is 10.6 Å². The van der Waals surface area contributed by atoms with Gasteiger partial charge in [-0.3, -0.25) is 9.20 Å². The molecule has 22 heavy (non-hydrogen) atoms. The fraction of sp³-hybridized carbons (Fsp3) is 0.562. The lowest BCUT2D eigenvalue weighted by atomic mass is 10.2. The monoisotopic (exact) mass is 341 g/mol. The molecule has 0 radical (unpaired) electrons. The summed E-state index contributed by atoms with van der Waals surface area (Å²) in [5.41, 5.74) is 1.12. The number of thioether (sulfide) groups is 1. The highest BCUT2D eigenvalue weighted by molar-refractivity contribution is 7.99. The van der Waals surface area contributed by atoms with Crippen molar-refractivity contribution in [3.63, 3.8) is 0 Å². The van der Waals surface area contributed by atoms with E-state index >= 15 is 0 Å². The first kappa shape index (κ1) is 19.0. The van der Waals surface area contributed by atoms with Crippen LogP contribution in [0.15, 0.2) is 35.3 Å². The summed E-state index contributed by atoms with van der Waals surface area (Å²) in [5.74, 6) is 1.98. The van der Waals surface area contributed by atoms with Crippen LogP contribution in [0.25, 0.3) is 0 Å². The van der Waals surface area contributed by atoms with Crippen molar-refractivity contribution in [3.05, 3.63) is 35.9 Å². The zero-order chi connectivity index (χ0) is 16.4. The number of hydrogen-bond acceptors (Lipinski definition) is 3. The molecule has 0 bridgehead atoms. The highest BCUT2D eigenvalue weighted by Gasteiger charge is 2.16. The van der Waals surface area contributed by atoms with Gasteiger partial charge in [0, 0.05) is 47.2 Å². The van der Waals surface area contributed by atoms with Crippen LogP contribution in [0.2, 0.25) is 0 Å². The van der Waals surface area contributed by atoms with E-state index in [1.807, 2.05) is 42.1 Å². The van der Waals surface area contributed by atoms with Gasteiger partial charge in [0.1, 0.15) is 0 Å². The molecule has 2 N–H and O–H groups in total. The lowest BCUT2D eigenvalue weighted by Gasteiger charge is -2.23. The molecule has 0 saturated heterocycles. The second-order valence-corrected chi connectivity index (χ2v) is 8.68. The summed E-state index contributed by atoms with van der Waals surface area (Å²) in [6, 6.07) is 9.94. The first-order chi connectivity index (χ1) is 10.5. The maximum Gasteiger partial charge on any atom is 0.191 e. The van der Waals surface area contributed by atoms with Crippen molar-refractivity contribution in [2.24, 2.45) is 4.99 Å². The van der Waals surface area contributed by atoms with Crippen molar-refractivity contribution in [2.45, 2.75) is 24.3 Å². The largest absolute Gasteiger partial charge is 0.355 e. The molecule has 0 aliphatic heterocycles.